The Labute approximate surface area is 196 Å². The summed E-state index contributed by atoms with van der Waals surface area (Å²) < 4.78 is 35.1. The van der Waals surface area contributed by atoms with Crippen LogP contribution in [0.1, 0.15) is 93.2 Å². The van der Waals surface area contributed by atoms with Crippen molar-refractivity contribution >= 4 is 20.9 Å². The average molecular weight is 461 g/mol. The van der Waals surface area contributed by atoms with Gasteiger partial charge in [-0.1, -0.05) is 87.4 Å². The Morgan fingerprint density at radius 3 is 1.66 bits per heavy atom. The van der Waals surface area contributed by atoms with Gasteiger partial charge in [-0.2, -0.15) is 8.42 Å². The van der Waals surface area contributed by atoms with Gasteiger partial charge in [-0.15, -0.1) is 0 Å². The molecular formula is C28H44O3S. The van der Waals surface area contributed by atoms with Gasteiger partial charge in [-0.05, 0) is 76.0 Å². The van der Waals surface area contributed by atoms with Gasteiger partial charge in [0.15, 0.2) is 0 Å². The van der Waals surface area contributed by atoms with Gasteiger partial charge in [0.25, 0.3) is 10.1 Å². The third kappa shape index (κ3) is 5.75. The van der Waals surface area contributed by atoms with Crippen molar-refractivity contribution in [3.63, 3.8) is 0 Å². The minimum absolute atomic E-state index is 0.0176. The lowest BCUT2D eigenvalue weighted by Crippen LogP contribution is -2.28. The SMILES string of the molecule is CC(C)CC(C)C(C)(C)c1cc(S(=O)(=O)O)c2cc(C(C)(C)C(C)CC(C)C)ccc2c1. The van der Waals surface area contributed by atoms with E-state index in [9.17, 15) is 13.0 Å². The Bertz CT molecular complexity index is 1050. The van der Waals surface area contributed by atoms with Crippen molar-refractivity contribution in [2.45, 2.75) is 97.8 Å². The number of rotatable bonds is 9. The predicted molar refractivity (Wildman–Crippen MR) is 137 cm³/mol. The van der Waals surface area contributed by atoms with E-state index in [2.05, 4.69) is 81.4 Å². The van der Waals surface area contributed by atoms with E-state index < -0.39 is 10.1 Å². The van der Waals surface area contributed by atoms with E-state index in [-0.39, 0.29) is 15.7 Å². The molecular weight excluding hydrogens is 416 g/mol. The van der Waals surface area contributed by atoms with Gasteiger partial charge in [-0.3, -0.25) is 4.55 Å². The molecule has 2 aromatic carbocycles. The van der Waals surface area contributed by atoms with Gasteiger partial charge in [0.05, 0.1) is 0 Å². The maximum atomic E-state index is 12.5. The van der Waals surface area contributed by atoms with Crippen molar-refractivity contribution in [1.82, 2.24) is 0 Å². The fourth-order valence-electron chi connectivity index (χ4n) is 4.88. The minimum Gasteiger partial charge on any atom is -0.282 e. The van der Waals surface area contributed by atoms with Crippen LogP contribution in [0.4, 0.5) is 0 Å². The summed E-state index contributed by atoms with van der Waals surface area (Å²) >= 11 is 0. The molecule has 0 amide bonds. The van der Waals surface area contributed by atoms with Crippen LogP contribution in [0.25, 0.3) is 10.8 Å². The molecule has 0 spiro atoms. The highest BCUT2D eigenvalue weighted by atomic mass is 32.2. The molecule has 0 aliphatic rings. The molecule has 0 radical (unpaired) electrons. The van der Waals surface area contributed by atoms with Crippen LogP contribution in [0.2, 0.25) is 0 Å². The maximum Gasteiger partial charge on any atom is 0.295 e. The van der Waals surface area contributed by atoms with E-state index in [0.29, 0.717) is 29.1 Å². The molecule has 32 heavy (non-hydrogen) atoms. The summed E-state index contributed by atoms with van der Waals surface area (Å²) in [4.78, 5) is 0.0176. The fraction of sp³-hybridized carbons (Fsp3) is 0.643. The summed E-state index contributed by atoms with van der Waals surface area (Å²) in [6.45, 7) is 22.1. The lowest BCUT2D eigenvalue weighted by Gasteiger charge is -2.35. The highest BCUT2D eigenvalue weighted by Gasteiger charge is 2.32. The zero-order valence-electron chi connectivity index (χ0n) is 21.8. The molecule has 4 heteroatoms. The summed E-state index contributed by atoms with van der Waals surface area (Å²) in [6, 6.07) is 9.93. The van der Waals surface area contributed by atoms with Gasteiger partial charge in [-0.25, -0.2) is 0 Å². The first-order chi connectivity index (χ1) is 14.5. The molecule has 180 valence electrons. The summed E-state index contributed by atoms with van der Waals surface area (Å²) in [7, 11) is -4.36. The Hall–Kier alpha value is -1.39. The summed E-state index contributed by atoms with van der Waals surface area (Å²) in [5, 5.41) is 1.46. The van der Waals surface area contributed by atoms with Crippen molar-refractivity contribution in [1.29, 1.82) is 0 Å². The zero-order chi connectivity index (χ0) is 24.6. The standard InChI is InChI=1S/C28H44O3S/c1-18(2)13-20(5)27(7,8)23-12-11-22-15-24(28(9,10)21(6)14-19(3)4)17-26(25(22)16-23)32(29,30)31/h11-12,15-21H,13-14H2,1-10H3,(H,29,30,31). The zero-order valence-corrected chi connectivity index (χ0v) is 22.6. The Balaban J connectivity index is 2.70. The van der Waals surface area contributed by atoms with Crippen molar-refractivity contribution < 1.29 is 13.0 Å². The normalized spacial score (nSPS) is 15.5. The number of fused-ring (bicyclic) bond motifs is 1. The second kappa shape index (κ2) is 9.46. The third-order valence-corrected chi connectivity index (χ3v) is 8.69. The van der Waals surface area contributed by atoms with Crippen LogP contribution in [0.15, 0.2) is 35.2 Å². The summed E-state index contributed by atoms with van der Waals surface area (Å²) in [6.07, 6.45) is 2.14. The minimum atomic E-state index is -4.36. The van der Waals surface area contributed by atoms with Gasteiger partial charge in [0, 0.05) is 5.39 Å². The second-order valence-corrected chi connectivity index (χ2v) is 13.3. The molecule has 0 saturated carbocycles. The Morgan fingerprint density at radius 1 is 0.750 bits per heavy atom. The van der Waals surface area contributed by atoms with Gasteiger partial charge < -0.3 is 0 Å². The molecule has 2 atom stereocenters. The monoisotopic (exact) mass is 460 g/mol. The molecule has 0 aliphatic heterocycles. The van der Waals surface area contributed by atoms with Crippen molar-refractivity contribution in [2.24, 2.45) is 23.7 Å². The van der Waals surface area contributed by atoms with Crippen LogP contribution in [0, 0.1) is 23.7 Å². The molecule has 0 fully saturated rings. The van der Waals surface area contributed by atoms with E-state index in [1.54, 1.807) is 6.07 Å². The molecule has 1 N–H and O–H groups in total. The largest absolute Gasteiger partial charge is 0.295 e. The lowest BCUT2D eigenvalue weighted by atomic mass is 9.70. The van der Waals surface area contributed by atoms with Crippen LogP contribution in [0.3, 0.4) is 0 Å². The second-order valence-electron chi connectivity index (χ2n) is 11.9. The fourth-order valence-corrected chi connectivity index (χ4v) is 5.61. The van der Waals surface area contributed by atoms with Crippen LogP contribution in [-0.4, -0.2) is 13.0 Å². The topological polar surface area (TPSA) is 54.4 Å². The molecule has 0 heterocycles. The molecule has 2 rings (SSSR count). The first kappa shape index (κ1) is 26.9. The molecule has 0 aromatic heterocycles. The van der Waals surface area contributed by atoms with Crippen molar-refractivity contribution in [3.05, 3.63) is 41.5 Å². The van der Waals surface area contributed by atoms with Gasteiger partial charge in [0.2, 0.25) is 0 Å². The van der Waals surface area contributed by atoms with Crippen LogP contribution >= 0.6 is 0 Å². The Kier molecular flexibility index (Phi) is 7.94. The van der Waals surface area contributed by atoms with E-state index in [4.69, 9.17) is 0 Å². The van der Waals surface area contributed by atoms with Crippen molar-refractivity contribution in [2.75, 3.05) is 0 Å². The maximum absolute atomic E-state index is 12.5. The van der Waals surface area contributed by atoms with E-state index >= 15 is 0 Å². The molecule has 2 aromatic rings. The molecule has 3 nitrogen and oxygen atoms in total. The smallest absolute Gasteiger partial charge is 0.282 e. The number of benzene rings is 2. The van der Waals surface area contributed by atoms with Crippen LogP contribution in [-0.2, 0) is 20.9 Å². The molecule has 0 bridgehead atoms. The highest BCUT2D eigenvalue weighted by Crippen LogP contribution is 2.41. The summed E-state index contributed by atoms with van der Waals surface area (Å²) in [5.41, 5.74) is 1.72. The van der Waals surface area contributed by atoms with E-state index in [1.165, 1.54) is 0 Å². The highest BCUT2D eigenvalue weighted by molar-refractivity contribution is 7.86. The first-order valence-corrected chi connectivity index (χ1v) is 13.5. The number of hydrogen-bond acceptors (Lipinski definition) is 2. The van der Waals surface area contributed by atoms with Crippen molar-refractivity contribution in [3.8, 4) is 0 Å². The molecule has 0 aliphatic carbocycles. The predicted octanol–water partition coefficient (Wildman–Crippen LogP) is 8.01. The molecule has 0 saturated heterocycles. The third-order valence-electron chi connectivity index (χ3n) is 7.80. The molecule has 2 unspecified atom stereocenters. The van der Waals surface area contributed by atoms with E-state index in [0.717, 1.165) is 29.4 Å². The van der Waals surface area contributed by atoms with Crippen LogP contribution in [0.5, 0.6) is 0 Å². The lowest BCUT2D eigenvalue weighted by molar-refractivity contribution is 0.290. The summed E-state index contributed by atoms with van der Waals surface area (Å²) in [5.74, 6) is 1.95. The van der Waals surface area contributed by atoms with Crippen LogP contribution < -0.4 is 0 Å². The Morgan fingerprint density at radius 2 is 1.22 bits per heavy atom. The number of hydrogen-bond donors (Lipinski definition) is 1. The van der Waals surface area contributed by atoms with Gasteiger partial charge in [0.1, 0.15) is 4.90 Å². The van der Waals surface area contributed by atoms with E-state index in [1.807, 2.05) is 12.1 Å². The quantitative estimate of drug-likeness (QED) is 0.386. The average Bonchev–Trinajstić information content (AvgIpc) is 2.64. The van der Waals surface area contributed by atoms with Gasteiger partial charge >= 0.3 is 0 Å². The first-order valence-electron chi connectivity index (χ1n) is 12.0.